The Bertz CT molecular complexity index is 454. The molecule has 0 radical (unpaired) electrons. The van der Waals surface area contributed by atoms with Crippen molar-refractivity contribution in [3.63, 3.8) is 0 Å². The molecule has 0 bridgehead atoms. The number of halogens is 6. The number of nitriles is 1. The Morgan fingerprint density at radius 2 is 1.59 bits per heavy atom. The summed E-state index contributed by atoms with van der Waals surface area (Å²) >= 11 is 0. The summed E-state index contributed by atoms with van der Waals surface area (Å²) in [5.41, 5.74) is -4.04. The van der Waals surface area contributed by atoms with E-state index < -0.39 is 29.9 Å². The fraction of sp³-hybridized carbons (Fsp3) is 0.333. The van der Waals surface area contributed by atoms with E-state index in [1.807, 2.05) is 0 Å². The molecule has 0 aromatic carbocycles. The van der Waals surface area contributed by atoms with Crippen LogP contribution in [0.2, 0.25) is 0 Å². The SMILES string of the molecule is N#CCc1cc(C(F)(F)F)c(C(F)(F)F)cn1. The molecule has 1 aromatic heterocycles. The molecule has 1 heterocycles. The third kappa shape index (κ3) is 3.09. The quantitative estimate of drug-likeness (QED) is 0.721. The largest absolute Gasteiger partial charge is 0.418 e. The fourth-order valence-electron chi connectivity index (χ4n) is 1.14. The van der Waals surface area contributed by atoms with Crippen molar-refractivity contribution < 1.29 is 26.3 Å². The van der Waals surface area contributed by atoms with E-state index in [9.17, 15) is 26.3 Å². The first-order chi connectivity index (χ1) is 7.66. The summed E-state index contributed by atoms with van der Waals surface area (Å²) in [5.74, 6) is 0. The van der Waals surface area contributed by atoms with E-state index in [4.69, 9.17) is 5.26 Å². The number of hydrogen-bond donors (Lipinski definition) is 0. The van der Waals surface area contributed by atoms with Gasteiger partial charge in [-0.3, -0.25) is 4.98 Å². The van der Waals surface area contributed by atoms with Crippen molar-refractivity contribution in [1.29, 1.82) is 5.26 Å². The lowest BCUT2D eigenvalue weighted by atomic mass is 10.1. The molecule has 0 saturated carbocycles. The molecular weight excluding hydrogens is 250 g/mol. The van der Waals surface area contributed by atoms with Crippen molar-refractivity contribution in [3.8, 4) is 6.07 Å². The zero-order valence-corrected chi connectivity index (χ0v) is 8.02. The highest BCUT2D eigenvalue weighted by Gasteiger charge is 2.43. The lowest BCUT2D eigenvalue weighted by Crippen LogP contribution is -2.17. The minimum Gasteiger partial charge on any atom is -0.260 e. The highest BCUT2D eigenvalue weighted by atomic mass is 19.4. The Balaban J connectivity index is 3.39. The zero-order chi connectivity index (χ0) is 13.3. The smallest absolute Gasteiger partial charge is 0.260 e. The predicted octanol–water partition coefficient (Wildman–Crippen LogP) is 3.19. The van der Waals surface area contributed by atoms with Gasteiger partial charge in [-0.15, -0.1) is 0 Å². The molecule has 1 rings (SSSR count). The van der Waals surface area contributed by atoms with E-state index in [2.05, 4.69) is 4.98 Å². The van der Waals surface area contributed by atoms with E-state index in [1.54, 1.807) is 0 Å². The molecule has 0 unspecified atom stereocenters. The monoisotopic (exact) mass is 254 g/mol. The summed E-state index contributed by atoms with van der Waals surface area (Å²) in [6.45, 7) is 0. The molecule has 0 spiro atoms. The Hall–Kier alpha value is -1.78. The lowest BCUT2D eigenvalue weighted by molar-refractivity contribution is -0.162. The number of rotatable bonds is 1. The van der Waals surface area contributed by atoms with Crippen LogP contribution in [0.4, 0.5) is 26.3 Å². The maximum atomic E-state index is 12.4. The second-order valence-electron chi connectivity index (χ2n) is 3.05. The molecule has 0 saturated heterocycles. The van der Waals surface area contributed by atoms with Crippen molar-refractivity contribution in [1.82, 2.24) is 4.98 Å². The van der Waals surface area contributed by atoms with Crippen molar-refractivity contribution in [2.45, 2.75) is 18.8 Å². The van der Waals surface area contributed by atoms with Gasteiger partial charge in [0.1, 0.15) is 0 Å². The van der Waals surface area contributed by atoms with Crippen molar-refractivity contribution in [3.05, 3.63) is 29.1 Å². The van der Waals surface area contributed by atoms with E-state index in [0.29, 0.717) is 0 Å². The second-order valence-corrected chi connectivity index (χ2v) is 3.05. The Morgan fingerprint density at radius 1 is 1.06 bits per heavy atom. The molecule has 2 nitrogen and oxygen atoms in total. The first-order valence-electron chi connectivity index (χ1n) is 4.16. The highest BCUT2D eigenvalue weighted by Crippen LogP contribution is 2.39. The minimum atomic E-state index is -5.14. The molecule has 0 aliphatic carbocycles. The topological polar surface area (TPSA) is 36.7 Å². The van der Waals surface area contributed by atoms with Gasteiger partial charge >= 0.3 is 12.4 Å². The fourth-order valence-corrected chi connectivity index (χ4v) is 1.14. The second kappa shape index (κ2) is 4.24. The van der Waals surface area contributed by atoms with Crippen LogP contribution in [0.15, 0.2) is 12.3 Å². The van der Waals surface area contributed by atoms with Crippen LogP contribution in [-0.2, 0) is 18.8 Å². The number of aromatic nitrogens is 1. The Labute approximate surface area is 91.5 Å². The van der Waals surface area contributed by atoms with Crippen LogP contribution in [0.1, 0.15) is 16.8 Å². The van der Waals surface area contributed by atoms with Crippen LogP contribution in [0.5, 0.6) is 0 Å². The van der Waals surface area contributed by atoms with E-state index in [1.165, 1.54) is 6.07 Å². The lowest BCUT2D eigenvalue weighted by Gasteiger charge is -2.15. The minimum absolute atomic E-state index is 0.0928. The summed E-state index contributed by atoms with van der Waals surface area (Å²) in [4.78, 5) is 3.17. The molecule has 0 N–H and O–H groups in total. The molecule has 1 aromatic rings. The van der Waals surface area contributed by atoms with Crippen LogP contribution in [0.3, 0.4) is 0 Å². The molecule has 0 fully saturated rings. The average Bonchev–Trinajstić information content (AvgIpc) is 2.15. The van der Waals surface area contributed by atoms with E-state index >= 15 is 0 Å². The normalized spacial score (nSPS) is 12.3. The molecule has 17 heavy (non-hydrogen) atoms. The van der Waals surface area contributed by atoms with Gasteiger partial charge in [0.05, 0.1) is 29.3 Å². The average molecular weight is 254 g/mol. The zero-order valence-electron chi connectivity index (χ0n) is 8.02. The standard InChI is InChI=1S/C9H4F6N2/c10-8(11,12)6-3-5(1-2-16)17-4-7(6)9(13,14)15/h3-4H,1H2. The van der Waals surface area contributed by atoms with E-state index in [-0.39, 0.29) is 18.0 Å². The van der Waals surface area contributed by atoms with Gasteiger partial charge in [0.15, 0.2) is 0 Å². The van der Waals surface area contributed by atoms with Gasteiger partial charge in [-0.05, 0) is 6.07 Å². The van der Waals surface area contributed by atoms with Gasteiger partial charge in [-0.1, -0.05) is 0 Å². The first-order valence-corrected chi connectivity index (χ1v) is 4.16. The van der Waals surface area contributed by atoms with Crippen LogP contribution >= 0.6 is 0 Å². The third-order valence-electron chi connectivity index (χ3n) is 1.83. The van der Waals surface area contributed by atoms with Crippen LogP contribution < -0.4 is 0 Å². The van der Waals surface area contributed by atoms with Gasteiger partial charge in [-0.25, -0.2) is 0 Å². The molecular formula is C9H4F6N2. The highest BCUT2D eigenvalue weighted by molar-refractivity contribution is 5.32. The van der Waals surface area contributed by atoms with Crippen molar-refractivity contribution >= 4 is 0 Å². The number of nitrogens with zero attached hydrogens (tertiary/aromatic N) is 2. The van der Waals surface area contributed by atoms with Gasteiger partial charge < -0.3 is 0 Å². The van der Waals surface area contributed by atoms with E-state index in [0.717, 1.165) is 0 Å². The van der Waals surface area contributed by atoms with Crippen molar-refractivity contribution in [2.75, 3.05) is 0 Å². The van der Waals surface area contributed by atoms with Gasteiger partial charge in [0.25, 0.3) is 0 Å². The number of pyridine rings is 1. The summed E-state index contributed by atoms with van der Waals surface area (Å²) in [6, 6.07) is 1.75. The van der Waals surface area contributed by atoms with Gasteiger partial charge in [0.2, 0.25) is 0 Å². The van der Waals surface area contributed by atoms with Crippen LogP contribution in [0, 0.1) is 11.3 Å². The summed E-state index contributed by atoms with van der Waals surface area (Å²) in [5, 5.41) is 8.25. The summed E-state index contributed by atoms with van der Waals surface area (Å²) in [7, 11) is 0. The summed E-state index contributed by atoms with van der Waals surface area (Å²) < 4.78 is 74.0. The summed E-state index contributed by atoms with van der Waals surface area (Å²) in [6.07, 6.45) is -10.7. The Kier molecular flexibility index (Phi) is 3.31. The predicted molar refractivity (Wildman–Crippen MR) is 43.6 cm³/mol. The molecule has 0 amide bonds. The maximum Gasteiger partial charge on any atom is 0.418 e. The van der Waals surface area contributed by atoms with Gasteiger partial charge in [-0.2, -0.15) is 31.6 Å². The first kappa shape index (κ1) is 13.3. The molecule has 92 valence electrons. The molecule has 8 heteroatoms. The Morgan fingerprint density at radius 3 is 2.00 bits per heavy atom. The van der Waals surface area contributed by atoms with Crippen LogP contribution in [-0.4, -0.2) is 4.98 Å². The molecule has 0 aliphatic rings. The van der Waals surface area contributed by atoms with Gasteiger partial charge in [0, 0.05) is 6.20 Å². The van der Waals surface area contributed by atoms with Crippen LogP contribution in [0.25, 0.3) is 0 Å². The molecule has 0 aliphatic heterocycles. The number of hydrogen-bond acceptors (Lipinski definition) is 2. The third-order valence-corrected chi connectivity index (χ3v) is 1.83. The maximum absolute atomic E-state index is 12.4. The number of alkyl halides is 6. The molecule has 0 atom stereocenters. The van der Waals surface area contributed by atoms with Crippen molar-refractivity contribution in [2.24, 2.45) is 0 Å².